The molecular weight excluding hydrogens is 224 g/mol. The maximum absolute atomic E-state index is 5.23. The van der Waals surface area contributed by atoms with Crippen LogP contribution >= 0.6 is 0 Å². The molecule has 4 heteroatoms. The minimum absolute atomic E-state index is 0. The highest BCUT2D eigenvalue weighted by atomic mass is 35.5. The molecule has 0 saturated carbocycles. The van der Waals surface area contributed by atoms with Crippen LogP contribution in [0.5, 0.6) is 5.75 Å². The van der Waals surface area contributed by atoms with E-state index in [0.29, 0.717) is 0 Å². The molecular formula is C12H19ClN2O. The summed E-state index contributed by atoms with van der Waals surface area (Å²) in [6.45, 7) is 4.71. The number of rotatable bonds is 2. The summed E-state index contributed by atoms with van der Waals surface area (Å²) >= 11 is 0. The van der Waals surface area contributed by atoms with Gasteiger partial charge in [-0.1, -0.05) is 6.07 Å². The molecule has 0 unspecified atom stereocenters. The number of ether oxygens (including phenoxy) is 1. The monoisotopic (exact) mass is 242 g/mol. The number of piperazine rings is 1. The maximum Gasteiger partial charge on any atom is 0.120 e. The maximum atomic E-state index is 5.23. The van der Waals surface area contributed by atoms with Crippen molar-refractivity contribution in [1.82, 2.24) is 0 Å². The molecule has 1 aromatic carbocycles. The fourth-order valence-corrected chi connectivity index (χ4v) is 1.95. The van der Waals surface area contributed by atoms with Crippen LogP contribution in [0.15, 0.2) is 24.3 Å². The number of nitrogens with one attached hydrogen (secondary N) is 1. The Hall–Kier alpha value is -0.930. The van der Waals surface area contributed by atoms with Crippen molar-refractivity contribution >= 4 is 5.69 Å². The Morgan fingerprint density at radius 1 is 1.25 bits per heavy atom. The van der Waals surface area contributed by atoms with Crippen LogP contribution in [0, 0.1) is 0 Å². The fraction of sp³-hybridized carbons (Fsp3) is 0.500. The van der Waals surface area contributed by atoms with Gasteiger partial charge in [-0.25, -0.2) is 0 Å². The molecule has 1 aliphatic heterocycles. The van der Waals surface area contributed by atoms with Crippen molar-refractivity contribution in [1.29, 1.82) is 0 Å². The van der Waals surface area contributed by atoms with Crippen molar-refractivity contribution in [3.8, 4) is 5.75 Å². The lowest BCUT2D eigenvalue weighted by Gasteiger charge is -2.31. The lowest BCUT2D eigenvalue weighted by Crippen LogP contribution is -3.12. The first kappa shape index (κ1) is 13.1. The number of nitrogens with zero attached hydrogens (tertiary/aromatic N) is 1. The summed E-state index contributed by atoms with van der Waals surface area (Å²) in [6, 6.07) is 8.31. The molecule has 90 valence electrons. The smallest absolute Gasteiger partial charge is 0.120 e. The number of hydrogen-bond donors (Lipinski definition) is 1. The lowest BCUT2D eigenvalue weighted by molar-refractivity contribution is -0.880. The second kappa shape index (κ2) is 5.97. The van der Waals surface area contributed by atoms with Crippen molar-refractivity contribution in [3.05, 3.63) is 24.3 Å². The Morgan fingerprint density at radius 2 is 1.94 bits per heavy atom. The van der Waals surface area contributed by atoms with Gasteiger partial charge in [0.2, 0.25) is 0 Å². The van der Waals surface area contributed by atoms with Gasteiger partial charge in [0.05, 0.1) is 40.3 Å². The molecule has 0 atom stereocenters. The Morgan fingerprint density at radius 3 is 2.56 bits per heavy atom. The number of likely N-dealkylation sites (N-methyl/N-ethyl adjacent to an activating group) is 1. The Balaban J connectivity index is 0.00000128. The van der Waals surface area contributed by atoms with Gasteiger partial charge in [-0.15, -0.1) is 0 Å². The normalized spacial score (nSPS) is 16.8. The van der Waals surface area contributed by atoms with Crippen LogP contribution in [-0.4, -0.2) is 40.3 Å². The van der Waals surface area contributed by atoms with Crippen molar-refractivity contribution in [2.45, 2.75) is 0 Å². The molecule has 0 radical (unpaired) electrons. The lowest BCUT2D eigenvalue weighted by atomic mass is 10.2. The van der Waals surface area contributed by atoms with E-state index in [1.54, 1.807) is 12.0 Å². The fourth-order valence-electron chi connectivity index (χ4n) is 1.95. The Labute approximate surface area is 103 Å². The second-order valence-corrected chi connectivity index (χ2v) is 4.15. The average Bonchev–Trinajstić information content (AvgIpc) is 2.30. The van der Waals surface area contributed by atoms with Crippen LogP contribution in [0.3, 0.4) is 0 Å². The van der Waals surface area contributed by atoms with Crippen LogP contribution < -0.4 is 26.9 Å². The third-order valence-electron chi connectivity index (χ3n) is 3.04. The molecule has 1 heterocycles. The SMILES string of the molecule is COc1cccc(N2CC[NH+](C)CC2)c1.[Cl-]. The second-order valence-electron chi connectivity index (χ2n) is 4.15. The summed E-state index contributed by atoms with van der Waals surface area (Å²) in [6.07, 6.45) is 0. The third kappa shape index (κ3) is 3.03. The third-order valence-corrected chi connectivity index (χ3v) is 3.04. The number of hydrogen-bond acceptors (Lipinski definition) is 2. The average molecular weight is 243 g/mol. The summed E-state index contributed by atoms with van der Waals surface area (Å²) < 4.78 is 5.23. The summed E-state index contributed by atoms with van der Waals surface area (Å²) in [5, 5.41) is 0. The summed E-state index contributed by atoms with van der Waals surface area (Å²) in [7, 11) is 3.97. The van der Waals surface area contributed by atoms with E-state index >= 15 is 0 Å². The molecule has 0 spiro atoms. The highest BCUT2D eigenvalue weighted by molar-refractivity contribution is 5.50. The molecule has 1 aliphatic rings. The molecule has 1 fully saturated rings. The van der Waals surface area contributed by atoms with Gasteiger partial charge in [0.1, 0.15) is 5.75 Å². The van der Waals surface area contributed by atoms with E-state index in [0.717, 1.165) is 18.8 Å². The highest BCUT2D eigenvalue weighted by Gasteiger charge is 2.16. The van der Waals surface area contributed by atoms with Crippen LogP contribution in [0.25, 0.3) is 0 Å². The molecule has 1 aromatic rings. The van der Waals surface area contributed by atoms with Gasteiger partial charge in [-0.05, 0) is 12.1 Å². The molecule has 0 bridgehead atoms. The molecule has 16 heavy (non-hydrogen) atoms. The largest absolute Gasteiger partial charge is 1.00 e. The first-order valence-corrected chi connectivity index (χ1v) is 5.50. The number of halogens is 1. The van der Waals surface area contributed by atoms with E-state index in [1.165, 1.54) is 18.8 Å². The predicted molar refractivity (Wildman–Crippen MR) is 61.8 cm³/mol. The zero-order valence-corrected chi connectivity index (χ0v) is 10.6. The summed E-state index contributed by atoms with van der Waals surface area (Å²) in [5.74, 6) is 0.943. The first-order chi connectivity index (χ1) is 7.29. The van der Waals surface area contributed by atoms with E-state index in [-0.39, 0.29) is 12.4 Å². The van der Waals surface area contributed by atoms with Crippen molar-refractivity contribution in [2.24, 2.45) is 0 Å². The molecule has 2 rings (SSSR count). The minimum Gasteiger partial charge on any atom is -1.00 e. The van der Waals surface area contributed by atoms with E-state index in [2.05, 4.69) is 30.1 Å². The van der Waals surface area contributed by atoms with Gasteiger partial charge < -0.3 is 26.9 Å². The number of anilines is 1. The van der Waals surface area contributed by atoms with Crippen LogP contribution in [-0.2, 0) is 0 Å². The zero-order chi connectivity index (χ0) is 10.7. The predicted octanol–water partition coefficient (Wildman–Crippen LogP) is -2.97. The number of methoxy groups -OCH3 is 1. The van der Waals surface area contributed by atoms with Crippen LogP contribution in [0.2, 0.25) is 0 Å². The van der Waals surface area contributed by atoms with E-state index in [9.17, 15) is 0 Å². The molecule has 3 nitrogen and oxygen atoms in total. The van der Waals surface area contributed by atoms with E-state index < -0.39 is 0 Å². The van der Waals surface area contributed by atoms with Crippen molar-refractivity contribution < 1.29 is 22.0 Å². The van der Waals surface area contributed by atoms with Crippen LogP contribution in [0.4, 0.5) is 5.69 Å². The Bertz CT molecular complexity index is 325. The van der Waals surface area contributed by atoms with Gasteiger partial charge in [-0.3, -0.25) is 0 Å². The van der Waals surface area contributed by atoms with Gasteiger partial charge in [-0.2, -0.15) is 0 Å². The van der Waals surface area contributed by atoms with Gasteiger partial charge in [0.15, 0.2) is 0 Å². The number of quaternary nitrogens is 1. The topological polar surface area (TPSA) is 16.9 Å². The highest BCUT2D eigenvalue weighted by Crippen LogP contribution is 2.20. The molecule has 1 N–H and O–H groups in total. The van der Waals surface area contributed by atoms with E-state index in [1.807, 2.05) is 6.07 Å². The van der Waals surface area contributed by atoms with Gasteiger partial charge in [0.25, 0.3) is 0 Å². The standard InChI is InChI=1S/C12H18N2O.ClH/c1-13-6-8-14(9-7-13)11-4-3-5-12(10-11)15-2;/h3-5,10H,6-9H2,1-2H3;1H. The summed E-state index contributed by atoms with van der Waals surface area (Å²) in [4.78, 5) is 4.05. The zero-order valence-electron chi connectivity index (χ0n) is 9.87. The van der Waals surface area contributed by atoms with E-state index in [4.69, 9.17) is 4.74 Å². The van der Waals surface area contributed by atoms with Crippen molar-refractivity contribution in [3.63, 3.8) is 0 Å². The molecule has 0 aliphatic carbocycles. The van der Waals surface area contributed by atoms with Crippen molar-refractivity contribution in [2.75, 3.05) is 45.2 Å². The van der Waals surface area contributed by atoms with Gasteiger partial charge in [0, 0.05) is 11.8 Å². The van der Waals surface area contributed by atoms with Crippen LogP contribution in [0.1, 0.15) is 0 Å². The molecule has 0 amide bonds. The first-order valence-electron chi connectivity index (χ1n) is 5.50. The Kier molecular flexibility index (Phi) is 4.90. The summed E-state index contributed by atoms with van der Waals surface area (Å²) in [5.41, 5.74) is 1.28. The number of benzene rings is 1. The van der Waals surface area contributed by atoms with Gasteiger partial charge >= 0.3 is 0 Å². The molecule has 0 aromatic heterocycles. The molecule has 1 saturated heterocycles. The quantitative estimate of drug-likeness (QED) is 0.597. The minimum atomic E-state index is 0.